The number of aromatic nitrogens is 2. The van der Waals surface area contributed by atoms with E-state index >= 15 is 0 Å². The van der Waals surface area contributed by atoms with Gasteiger partial charge in [-0.05, 0) is 46.8 Å². The quantitative estimate of drug-likeness (QED) is 0.473. The highest BCUT2D eigenvalue weighted by Gasteiger charge is 2.25. The first-order chi connectivity index (χ1) is 12.4. The zero-order valence-electron chi connectivity index (χ0n) is 13.6. The predicted molar refractivity (Wildman–Crippen MR) is 99.1 cm³/mol. The highest BCUT2D eigenvalue weighted by Crippen LogP contribution is 2.20. The molecule has 0 aliphatic heterocycles. The van der Waals surface area contributed by atoms with Crippen LogP contribution in [-0.2, 0) is 4.79 Å². The minimum absolute atomic E-state index is 0.0753. The Balaban J connectivity index is 1.71. The Bertz CT molecular complexity index is 1000. The molecule has 9 heteroatoms. The van der Waals surface area contributed by atoms with Crippen molar-refractivity contribution in [3.05, 3.63) is 68.7 Å². The maximum atomic E-state index is 13.8. The maximum Gasteiger partial charge on any atom is 0.442 e. The molecule has 3 aromatic rings. The van der Waals surface area contributed by atoms with E-state index in [-0.39, 0.29) is 16.5 Å². The van der Waals surface area contributed by atoms with E-state index in [1.807, 2.05) is 31.2 Å². The Labute approximate surface area is 160 Å². The molecular formula is C17H14BrFN3O3S+. The first-order valence-corrected chi connectivity index (χ1v) is 9.30. The number of carbonyl (C=O) groups excluding carboxylic acids is 1. The molecule has 0 aliphatic rings. The maximum absolute atomic E-state index is 13.8. The molecule has 1 amide bonds. The van der Waals surface area contributed by atoms with Gasteiger partial charge in [0.1, 0.15) is 5.82 Å². The van der Waals surface area contributed by atoms with Crippen molar-refractivity contribution in [2.24, 2.45) is 0 Å². The molecule has 6 nitrogen and oxygen atoms in total. The first-order valence-electron chi connectivity index (χ1n) is 7.52. The number of rotatable bonds is 5. The van der Waals surface area contributed by atoms with Crippen LogP contribution in [0.15, 0.2) is 61.3 Å². The van der Waals surface area contributed by atoms with Gasteiger partial charge in [0.15, 0.2) is 0 Å². The van der Waals surface area contributed by atoms with Crippen molar-refractivity contribution in [1.29, 1.82) is 0 Å². The van der Waals surface area contributed by atoms with E-state index in [0.717, 1.165) is 17.3 Å². The van der Waals surface area contributed by atoms with Crippen LogP contribution in [0.5, 0.6) is 0 Å². The van der Waals surface area contributed by atoms with E-state index in [9.17, 15) is 14.0 Å². The van der Waals surface area contributed by atoms with Crippen molar-refractivity contribution in [2.75, 3.05) is 11.1 Å². The lowest BCUT2D eigenvalue weighted by atomic mass is 10.2. The van der Waals surface area contributed by atoms with E-state index in [1.54, 1.807) is 6.07 Å². The van der Waals surface area contributed by atoms with E-state index in [4.69, 9.17) is 4.52 Å². The van der Waals surface area contributed by atoms with Gasteiger partial charge in [-0.15, -0.1) is 0 Å². The first kappa shape index (κ1) is 18.4. The SMILES string of the molecule is Cc1ccc(-[n+]2[nH]oc(=O)c2SCC(=O)Nc2ccc(Br)cc2F)cc1. The fourth-order valence-corrected chi connectivity index (χ4v) is 3.27. The van der Waals surface area contributed by atoms with Crippen molar-refractivity contribution < 1.29 is 18.4 Å². The van der Waals surface area contributed by atoms with Gasteiger partial charge in [0.2, 0.25) is 11.6 Å². The minimum atomic E-state index is -0.585. The summed E-state index contributed by atoms with van der Waals surface area (Å²) in [5.41, 5.74) is 1.26. The topological polar surface area (TPSA) is 79.0 Å². The van der Waals surface area contributed by atoms with Gasteiger partial charge in [0.25, 0.3) is 0 Å². The molecule has 0 atom stereocenters. The number of hydrogen-bond acceptors (Lipinski definition) is 4. The van der Waals surface area contributed by atoms with Crippen molar-refractivity contribution >= 4 is 39.3 Å². The largest absolute Gasteiger partial charge is 0.442 e. The highest BCUT2D eigenvalue weighted by atomic mass is 79.9. The summed E-state index contributed by atoms with van der Waals surface area (Å²) in [6.45, 7) is 1.95. The Kier molecular flexibility index (Phi) is 5.58. The summed E-state index contributed by atoms with van der Waals surface area (Å²) >= 11 is 4.15. The van der Waals surface area contributed by atoms with Crippen molar-refractivity contribution in [3.8, 4) is 5.69 Å². The van der Waals surface area contributed by atoms with Gasteiger partial charge in [-0.2, -0.15) is 0 Å². The van der Waals surface area contributed by atoms with Gasteiger partial charge in [0.05, 0.1) is 11.4 Å². The number of carbonyl (C=O) groups is 1. The predicted octanol–water partition coefficient (Wildman–Crippen LogP) is 3.19. The van der Waals surface area contributed by atoms with Crippen LogP contribution >= 0.6 is 27.7 Å². The number of anilines is 1. The molecule has 3 rings (SSSR count). The van der Waals surface area contributed by atoms with E-state index in [1.165, 1.54) is 16.8 Å². The molecule has 0 radical (unpaired) electrons. The van der Waals surface area contributed by atoms with Crippen LogP contribution in [0.2, 0.25) is 0 Å². The van der Waals surface area contributed by atoms with Crippen LogP contribution in [0.3, 0.4) is 0 Å². The van der Waals surface area contributed by atoms with Crippen LogP contribution in [0, 0.1) is 12.7 Å². The number of halogens is 2. The second-order valence-electron chi connectivity index (χ2n) is 5.42. The summed E-state index contributed by atoms with van der Waals surface area (Å²) in [5, 5.41) is 5.21. The summed E-state index contributed by atoms with van der Waals surface area (Å²) in [6, 6.07) is 11.8. The van der Waals surface area contributed by atoms with Crippen LogP contribution in [0.25, 0.3) is 5.69 Å². The lowest BCUT2D eigenvalue weighted by molar-refractivity contribution is -0.704. The fraction of sp³-hybridized carbons (Fsp3) is 0.118. The number of nitrogens with one attached hydrogen (secondary N) is 2. The summed E-state index contributed by atoms with van der Waals surface area (Å²) in [6.07, 6.45) is 0. The van der Waals surface area contributed by atoms with Gasteiger partial charge in [0, 0.05) is 16.6 Å². The van der Waals surface area contributed by atoms with Crippen LogP contribution in [-0.4, -0.2) is 16.9 Å². The second-order valence-corrected chi connectivity index (χ2v) is 7.30. The number of amides is 1. The van der Waals surface area contributed by atoms with Gasteiger partial charge in [-0.3, -0.25) is 9.32 Å². The van der Waals surface area contributed by atoms with Crippen molar-refractivity contribution in [1.82, 2.24) is 5.27 Å². The molecule has 2 aromatic carbocycles. The van der Waals surface area contributed by atoms with Crippen LogP contribution in [0.4, 0.5) is 10.1 Å². The smallest absolute Gasteiger partial charge is 0.323 e. The molecule has 134 valence electrons. The molecule has 0 bridgehead atoms. The van der Waals surface area contributed by atoms with E-state index < -0.39 is 17.3 Å². The molecule has 2 N–H and O–H groups in total. The molecule has 0 saturated heterocycles. The number of nitrogens with zero attached hydrogens (tertiary/aromatic N) is 1. The highest BCUT2D eigenvalue weighted by molar-refractivity contribution is 9.10. The van der Waals surface area contributed by atoms with Gasteiger partial charge in [-0.25, -0.2) is 9.18 Å². The molecule has 0 spiro atoms. The zero-order chi connectivity index (χ0) is 18.7. The fourth-order valence-electron chi connectivity index (χ4n) is 2.16. The Morgan fingerprint density at radius 1 is 1.31 bits per heavy atom. The number of aryl methyl sites for hydroxylation is 1. The molecule has 1 heterocycles. The Morgan fingerprint density at radius 3 is 2.73 bits per heavy atom. The van der Waals surface area contributed by atoms with Crippen molar-refractivity contribution in [2.45, 2.75) is 11.9 Å². The third kappa shape index (κ3) is 4.23. The zero-order valence-corrected chi connectivity index (χ0v) is 16.0. The number of aromatic amines is 1. The standard InChI is InChI=1S/C17H13BrFN3O3S/c1-10-2-5-12(6-3-10)22-16(17(24)25-21-22)26-9-15(23)20-14-7-4-11(18)8-13(14)19/h2-8H,9H2,1H3,(H-,20,21,23,24)/p+1. The lowest BCUT2D eigenvalue weighted by Gasteiger charge is -2.05. The second kappa shape index (κ2) is 7.88. The summed E-state index contributed by atoms with van der Waals surface area (Å²) in [5.74, 6) is -1.06. The van der Waals surface area contributed by atoms with Gasteiger partial charge in [-0.1, -0.05) is 33.6 Å². The lowest BCUT2D eigenvalue weighted by Crippen LogP contribution is -2.36. The number of H-pyrrole nitrogens is 1. The van der Waals surface area contributed by atoms with Crippen LogP contribution < -0.4 is 15.6 Å². The molecule has 26 heavy (non-hydrogen) atoms. The average Bonchev–Trinajstić information content (AvgIpc) is 2.97. The monoisotopic (exact) mass is 438 g/mol. The Hall–Kier alpha value is -2.39. The van der Waals surface area contributed by atoms with Crippen LogP contribution in [0.1, 0.15) is 5.56 Å². The van der Waals surface area contributed by atoms with Gasteiger partial charge >= 0.3 is 10.7 Å². The van der Waals surface area contributed by atoms with Crippen molar-refractivity contribution in [3.63, 3.8) is 0 Å². The third-order valence-electron chi connectivity index (χ3n) is 3.44. The Morgan fingerprint density at radius 2 is 2.04 bits per heavy atom. The van der Waals surface area contributed by atoms with Gasteiger partial charge < -0.3 is 5.32 Å². The number of benzene rings is 2. The van der Waals surface area contributed by atoms with E-state index in [0.29, 0.717) is 10.2 Å². The molecule has 1 aromatic heterocycles. The minimum Gasteiger partial charge on any atom is -0.323 e. The molecule has 0 fully saturated rings. The number of hydrogen-bond donors (Lipinski definition) is 2. The summed E-state index contributed by atoms with van der Waals surface area (Å²) in [4.78, 5) is 24.0. The molecule has 0 saturated carbocycles. The summed E-state index contributed by atoms with van der Waals surface area (Å²) < 4.78 is 20.6. The summed E-state index contributed by atoms with van der Waals surface area (Å²) in [7, 11) is 0. The third-order valence-corrected chi connectivity index (χ3v) is 4.97. The van der Waals surface area contributed by atoms with E-state index in [2.05, 4.69) is 26.5 Å². The normalized spacial score (nSPS) is 10.7. The molecular weight excluding hydrogens is 425 g/mol. The average molecular weight is 439 g/mol. The number of thioether (sulfide) groups is 1. The molecule has 0 aliphatic carbocycles. The molecule has 0 unspecified atom stereocenters.